The first kappa shape index (κ1) is 12.5. The van der Waals surface area contributed by atoms with Crippen LogP contribution in [-0.2, 0) is 4.79 Å². The second-order valence-corrected chi connectivity index (χ2v) is 9.60. The number of carbonyl (C=O) groups excluding carboxylic acids is 1. The third-order valence-electron chi connectivity index (χ3n) is 1.38. The molecule has 0 aliphatic rings. The van der Waals surface area contributed by atoms with Crippen molar-refractivity contribution in [3.63, 3.8) is 0 Å². The Hall–Kier alpha value is 0.420. The second-order valence-electron chi connectivity index (χ2n) is 2.43. The number of para-hydroxylation sites is 1. The molecule has 76 valence electrons. The molecule has 0 unspecified atom stereocenters. The van der Waals surface area contributed by atoms with E-state index in [0.29, 0.717) is 10.7 Å². The number of hydrogen-bond acceptors (Lipinski definition) is 1. The Kier molecular flexibility index (Phi) is 4.43. The molecule has 0 fully saturated rings. The van der Waals surface area contributed by atoms with E-state index in [0.717, 1.165) is 0 Å². The predicted molar refractivity (Wildman–Crippen MR) is 69.6 cm³/mol. The third kappa shape index (κ3) is 3.53. The molecule has 0 aliphatic carbocycles. The lowest BCUT2D eigenvalue weighted by Crippen LogP contribution is -2.25. The number of halogens is 4. The standard InChI is InChI=1S/C8H5Br3ClNO/c9-8(10,11)7(14)13-6-4-2-1-3-5(6)12/h1-4H,(H,13,14). The first-order valence-electron chi connectivity index (χ1n) is 3.54. The van der Waals surface area contributed by atoms with E-state index in [4.69, 9.17) is 11.6 Å². The van der Waals surface area contributed by atoms with Crippen molar-refractivity contribution in [3.8, 4) is 0 Å². The van der Waals surface area contributed by atoms with Crippen molar-refractivity contribution < 1.29 is 4.79 Å². The van der Waals surface area contributed by atoms with Crippen LogP contribution in [0.15, 0.2) is 24.3 Å². The highest BCUT2D eigenvalue weighted by atomic mass is 80.0. The largest absolute Gasteiger partial charge is 0.322 e. The van der Waals surface area contributed by atoms with Crippen LogP contribution in [0.1, 0.15) is 0 Å². The molecule has 1 amide bonds. The van der Waals surface area contributed by atoms with Gasteiger partial charge in [0.1, 0.15) is 0 Å². The molecule has 1 N–H and O–H groups in total. The van der Waals surface area contributed by atoms with Gasteiger partial charge in [-0.1, -0.05) is 23.7 Å². The summed E-state index contributed by atoms with van der Waals surface area (Å²) in [5.41, 5.74) is 0.571. The fraction of sp³-hybridized carbons (Fsp3) is 0.125. The van der Waals surface area contributed by atoms with E-state index in [9.17, 15) is 4.79 Å². The number of carbonyl (C=O) groups is 1. The minimum absolute atomic E-state index is 0.286. The summed E-state index contributed by atoms with van der Waals surface area (Å²) in [4.78, 5) is 11.5. The summed E-state index contributed by atoms with van der Waals surface area (Å²) in [6, 6.07) is 7.01. The molecule has 0 atom stereocenters. The summed E-state index contributed by atoms with van der Waals surface area (Å²) in [6.45, 7) is 0. The van der Waals surface area contributed by atoms with Gasteiger partial charge in [-0.05, 0) is 59.9 Å². The Bertz CT molecular complexity index is 351. The number of anilines is 1. The van der Waals surface area contributed by atoms with Gasteiger partial charge in [0.05, 0.1) is 10.7 Å². The highest BCUT2D eigenvalue weighted by Crippen LogP contribution is 2.35. The van der Waals surface area contributed by atoms with Crippen LogP contribution >= 0.6 is 59.4 Å². The van der Waals surface area contributed by atoms with Crippen LogP contribution in [-0.4, -0.2) is 8.05 Å². The minimum Gasteiger partial charge on any atom is -0.322 e. The quantitative estimate of drug-likeness (QED) is 0.699. The van der Waals surface area contributed by atoms with Gasteiger partial charge in [0.2, 0.25) is 2.14 Å². The lowest BCUT2D eigenvalue weighted by atomic mass is 10.3. The monoisotopic (exact) mass is 403 g/mol. The van der Waals surface area contributed by atoms with E-state index >= 15 is 0 Å². The minimum atomic E-state index is -0.966. The van der Waals surface area contributed by atoms with Crippen LogP contribution in [0.4, 0.5) is 5.69 Å². The van der Waals surface area contributed by atoms with E-state index in [-0.39, 0.29) is 5.91 Å². The molecule has 0 spiro atoms. The molecule has 0 bridgehead atoms. The summed E-state index contributed by atoms with van der Waals surface area (Å²) in [5, 5.41) is 3.14. The fourth-order valence-corrected chi connectivity index (χ4v) is 1.24. The average molecular weight is 406 g/mol. The molecule has 1 aromatic carbocycles. The lowest BCUT2D eigenvalue weighted by molar-refractivity contribution is -0.114. The molecule has 1 aromatic rings. The maximum atomic E-state index is 11.5. The maximum Gasteiger partial charge on any atom is 0.263 e. The molecule has 6 heteroatoms. The van der Waals surface area contributed by atoms with Crippen molar-refractivity contribution in [3.05, 3.63) is 29.3 Å². The van der Waals surface area contributed by atoms with Gasteiger partial charge < -0.3 is 5.32 Å². The molecule has 0 saturated heterocycles. The van der Waals surface area contributed by atoms with E-state index in [2.05, 4.69) is 53.1 Å². The number of hydrogen-bond donors (Lipinski definition) is 1. The zero-order chi connectivity index (χ0) is 10.8. The second kappa shape index (κ2) is 4.96. The van der Waals surface area contributed by atoms with Crippen LogP contribution in [0.25, 0.3) is 0 Å². The molecular weight excluding hydrogens is 401 g/mol. The number of nitrogens with one attached hydrogen (secondary N) is 1. The molecule has 0 radical (unpaired) electrons. The highest BCUT2D eigenvalue weighted by Gasteiger charge is 2.28. The van der Waals surface area contributed by atoms with Gasteiger partial charge >= 0.3 is 0 Å². The summed E-state index contributed by atoms with van der Waals surface area (Å²) < 4.78 is -0.966. The van der Waals surface area contributed by atoms with Gasteiger partial charge in [0.25, 0.3) is 5.91 Å². The molecular formula is C8H5Br3ClNO. The van der Waals surface area contributed by atoms with Crippen LogP contribution in [0, 0.1) is 0 Å². The van der Waals surface area contributed by atoms with Gasteiger partial charge in [0, 0.05) is 0 Å². The first-order chi connectivity index (χ1) is 6.41. The molecule has 1 rings (SSSR count). The SMILES string of the molecule is O=C(Nc1ccccc1Cl)C(Br)(Br)Br. The number of alkyl halides is 3. The van der Waals surface area contributed by atoms with Crippen LogP contribution < -0.4 is 5.32 Å². The summed E-state index contributed by atoms with van der Waals surface area (Å²) in [5.74, 6) is -0.286. The summed E-state index contributed by atoms with van der Waals surface area (Å²) in [6.07, 6.45) is 0. The topological polar surface area (TPSA) is 29.1 Å². The number of rotatable bonds is 1. The van der Waals surface area contributed by atoms with E-state index < -0.39 is 2.14 Å². The summed E-state index contributed by atoms with van der Waals surface area (Å²) in [7, 11) is 0. The van der Waals surface area contributed by atoms with Gasteiger partial charge in [-0.2, -0.15) is 0 Å². The maximum absolute atomic E-state index is 11.5. The normalized spacial score (nSPS) is 11.1. The molecule has 2 nitrogen and oxygen atoms in total. The lowest BCUT2D eigenvalue weighted by Gasteiger charge is -2.13. The Morgan fingerprint density at radius 2 is 1.86 bits per heavy atom. The van der Waals surface area contributed by atoms with Crippen molar-refractivity contribution in [1.82, 2.24) is 0 Å². The Morgan fingerprint density at radius 1 is 1.29 bits per heavy atom. The number of benzene rings is 1. The van der Waals surface area contributed by atoms with Crippen molar-refractivity contribution in [1.29, 1.82) is 0 Å². The van der Waals surface area contributed by atoms with Gasteiger partial charge in [-0.25, -0.2) is 0 Å². The van der Waals surface area contributed by atoms with Gasteiger partial charge in [-0.15, -0.1) is 0 Å². The Balaban J connectivity index is 2.80. The molecule has 0 saturated carbocycles. The fourth-order valence-electron chi connectivity index (χ4n) is 0.756. The average Bonchev–Trinajstić information content (AvgIpc) is 2.07. The molecule has 0 aromatic heterocycles. The van der Waals surface area contributed by atoms with E-state index in [1.165, 1.54) is 0 Å². The van der Waals surface area contributed by atoms with Crippen molar-refractivity contribution >= 4 is 71.0 Å². The number of amides is 1. The Morgan fingerprint density at radius 3 is 2.36 bits per heavy atom. The van der Waals surface area contributed by atoms with Gasteiger partial charge in [0.15, 0.2) is 0 Å². The zero-order valence-electron chi connectivity index (χ0n) is 6.73. The van der Waals surface area contributed by atoms with E-state index in [1.807, 2.05) is 0 Å². The van der Waals surface area contributed by atoms with Gasteiger partial charge in [-0.3, -0.25) is 4.79 Å². The predicted octanol–water partition coefficient (Wildman–Crippen LogP) is 4.12. The Labute approximate surface area is 112 Å². The van der Waals surface area contributed by atoms with Crippen LogP contribution in [0.5, 0.6) is 0 Å². The van der Waals surface area contributed by atoms with Crippen molar-refractivity contribution in [2.45, 2.75) is 2.14 Å². The molecule has 14 heavy (non-hydrogen) atoms. The highest BCUT2D eigenvalue weighted by molar-refractivity contribution is 9.40. The molecule has 0 heterocycles. The van der Waals surface area contributed by atoms with Crippen LogP contribution in [0.2, 0.25) is 5.02 Å². The first-order valence-corrected chi connectivity index (χ1v) is 6.29. The van der Waals surface area contributed by atoms with Crippen LogP contribution in [0.3, 0.4) is 0 Å². The summed E-state index contributed by atoms with van der Waals surface area (Å²) >= 11 is 15.2. The zero-order valence-corrected chi connectivity index (χ0v) is 12.2. The van der Waals surface area contributed by atoms with E-state index in [1.54, 1.807) is 24.3 Å². The molecule has 0 aliphatic heterocycles. The third-order valence-corrected chi connectivity index (χ3v) is 2.79. The van der Waals surface area contributed by atoms with Crippen molar-refractivity contribution in [2.24, 2.45) is 0 Å². The smallest absolute Gasteiger partial charge is 0.263 e. The van der Waals surface area contributed by atoms with Crippen molar-refractivity contribution in [2.75, 3.05) is 5.32 Å².